The van der Waals surface area contributed by atoms with Crippen LogP contribution in [0.15, 0.2) is 4.99 Å². The molecule has 0 aromatic rings. The van der Waals surface area contributed by atoms with Gasteiger partial charge in [-0.2, -0.15) is 4.99 Å². The predicted molar refractivity (Wildman–Crippen MR) is 69.4 cm³/mol. The second kappa shape index (κ2) is 8.52. The van der Waals surface area contributed by atoms with Crippen molar-refractivity contribution >= 4 is 6.08 Å². The molecule has 0 rings (SSSR count). The lowest BCUT2D eigenvalue weighted by molar-refractivity contribution is 0.307. The fourth-order valence-corrected chi connectivity index (χ4v) is 1.84. The molecular weight excluding hydrogens is 198 g/mol. The molecule has 0 saturated carbocycles. The summed E-state index contributed by atoms with van der Waals surface area (Å²) in [5.41, 5.74) is -0.202. The van der Waals surface area contributed by atoms with Gasteiger partial charge in [0.2, 0.25) is 6.08 Å². The zero-order valence-electron chi connectivity index (χ0n) is 11.4. The number of isocyanates is 1. The molecule has 0 heterocycles. The van der Waals surface area contributed by atoms with Crippen LogP contribution in [0.3, 0.4) is 0 Å². The van der Waals surface area contributed by atoms with Crippen LogP contribution in [-0.4, -0.2) is 11.6 Å². The highest BCUT2D eigenvalue weighted by atomic mass is 16.1. The van der Waals surface area contributed by atoms with Gasteiger partial charge in [0, 0.05) is 0 Å². The Kier molecular flexibility index (Phi) is 8.19. The van der Waals surface area contributed by atoms with Gasteiger partial charge < -0.3 is 0 Å². The molecule has 0 aromatic heterocycles. The summed E-state index contributed by atoms with van der Waals surface area (Å²) in [6.45, 7) is 8.54. The molecule has 2 heteroatoms. The molecule has 0 bridgehead atoms. The molecule has 0 radical (unpaired) electrons. The van der Waals surface area contributed by atoms with Gasteiger partial charge in [-0.1, -0.05) is 59.3 Å². The van der Waals surface area contributed by atoms with Gasteiger partial charge in [-0.25, -0.2) is 4.79 Å². The van der Waals surface area contributed by atoms with Crippen molar-refractivity contribution in [3.8, 4) is 0 Å². The van der Waals surface area contributed by atoms with Gasteiger partial charge >= 0.3 is 0 Å². The first-order valence-electron chi connectivity index (χ1n) is 6.66. The summed E-state index contributed by atoms with van der Waals surface area (Å²) in [6.07, 6.45) is 10.4. The summed E-state index contributed by atoms with van der Waals surface area (Å²) in [7, 11) is 0. The summed E-state index contributed by atoms with van der Waals surface area (Å²) in [6, 6.07) is 0. The monoisotopic (exact) mass is 225 g/mol. The van der Waals surface area contributed by atoms with Crippen molar-refractivity contribution in [1.82, 2.24) is 0 Å². The van der Waals surface area contributed by atoms with E-state index in [4.69, 9.17) is 0 Å². The van der Waals surface area contributed by atoms with Gasteiger partial charge in [0.1, 0.15) is 0 Å². The average Bonchev–Trinajstić information content (AvgIpc) is 2.23. The Bertz CT molecular complexity index is 219. The number of carbonyl (C=O) groups excluding carboxylic acids is 1. The maximum absolute atomic E-state index is 10.4. The van der Waals surface area contributed by atoms with Crippen LogP contribution in [0.2, 0.25) is 0 Å². The standard InChI is InChI=1S/C14H27NO/c1-5-6-7-8-9-10-11-14(4,13(2)3)15-12-16/h13H,5-11H2,1-4H3. The minimum Gasteiger partial charge on any atom is -0.211 e. The second-order valence-electron chi connectivity index (χ2n) is 5.23. The van der Waals surface area contributed by atoms with Gasteiger partial charge in [0.25, 0.3) is 0 Å². The summed E-state index contributed by atoms with van der Waals surface area (Å²) in [5, 5.41) is 0. The van der Waals surface area contributed by atoms with Gasteiger partial charge in [-0.05, 0) is 19.3 Å². The minimum absolute atomic E-state index is 0.202. The van der Waals surface area contributed by atoms with Crippen LogP contribution >= 0.6 is 0 Å². The van der Waals surface area contributed by atoms with Crippen LogP contribution in [0, 0.1) is 5.92 Å². The van der Waals surface area contributed by atoms with E-state index in [1.807, 2.05) is 0 Å². The topological polar surface area (TPSA) is 29.4 Å². The molecule has 0 fully saturated rings. The summed E-state index contributed by atoms with van der Waals surface area (Å²) in [5.74, 6) is 0.407. The molecule has 0 aliphatic rings. The van der Waals surface area contributed by atoms with E-state index in [0.29, 0.717) is 5.92 Å². The van der Waals surface area contributed by atoms with Crippen molar-refractivity contribution in [3.63, 3.8) is 0 Å². The first-order chi connectivity index (χ1) is 7.56. The number of rotatable bonds is 9. The molecule has 0 aliphatic heterocycles. The predicted octanol–water partition coefficient (Wildman–Crippen LogP) is 4.49. The van der Waals surface area contributed by atoms with E-state index < -0.39 is 0 Å². The minimum atomic E-state index is -0.202. The molecule has 0 saturated heterocycles. The Morgan fingerprint density at radius 1 is 1.12 bits per heavy atom. The molecular formula is C14H27NO. The van der Waals surface area contributed by atoms with E-state index in [0.717, 1.165) is 6.42 Å². The number of aliphatic imine (C=N–C) groups is 1. The van der Waals surface area contributed by atoms with Crippen LogP contribution in [0.5, 0.6) is 0 Å². The lowest BCUT2D eigenvalue weighted by atomic mass is 9.84. The number of hydrogen-bond acceptors (Lipinski definition) is 2. The Labute approximate surface area is 101 Å². The normalized spacial score (nSPS) is 14.6. The van der Waals surface area contributed by atoms with Crippen LogP contribution in [0.1, 0.15) is 72.6 Å². The fourth-order valence-electron chi connectivity index (χ4n) is 1.84. The molecule has 0 aliphatic carbocycles. The SMILES string of the molecule is CCCCCCCCC(C)(N=C=O)C(C)C. The lowest BCUT2D eigenvalue weighted by Crippen LogP contribution is -2.28. The van der Waals surface area contributed by atoms with Crippen molar-refractivity contribution in [3.05, 3.63) is 0 Å². The largest absolute Gasteiger partial charge is 0.235 e. The molecule has 0 spiro atoms. The maximum atomic E-state index is 10.4. The first kappa shape index (κ1) is 15.4. The van der Waals surface area contributed by atoms with Crippen molar-refractivity contribution in [2.75, 3.05) is 0 Å². The van der Waals surface area contributed by atoms with Crippen molar-refractivity contribution < 1.29 is 4.79 Å². The molecule has 1 unspecified atom stereocenters. The number of nitrogens with zero attached hydrogens (tertiary/aromatic N) is 1. The smallest absolute Gasteiger partial charge is 0.211 e. The summed E-state index contributed by atoms with van der Waals surface area (Å²) < 4.78 is 0. The third-order valence-corrected chi connectivity index (χ3v) is 3.58. The summed E-state index contributed by atoms with van der Waals surface area (Å²) >= 11 is 0. The molecule has 0 amide bonds. The highest BCUT2D eigenvalue weighted by molar-refractivity contribution is 5.34. The quantitative estimate of drug-likeness (QED) is 0.323. The Morgan fingerprint density at radius 2 is 1.69 bits per heavy atom. The van der Waals surface area contributed by atoms with Crippen LogP contribution < -0.4 is 0 Å². The molecule has 0 N–H and O–H groups in total. The molecule has 1 atom stereocenters. The zero-order valence-corrected chi connectivity index (χ0v) is 11.4. The maximum Gasteiger partial charge on any atom is 0.235 e. The Morgan fingerprint density at radius 3 is 2.19 bits per heavy atom. The summed E-state index contributed by atoms with van der Waals surface area (Å²) in [4.78, 5) is 14.4. The molecule has 94 valence electrons. The van der Waals surface area contributed by atoms with Crippen LogP contribution in [0.25, 0.3) is 0 Å². The lowest BCUT2D eigenvalue weighted by Gasteiger charge is -2.27. The van der Waals surface area contributed by atoms with Crippen LogP contribution in [-0.2, 0) is 4.79 Å². The van der Waals surface area contributed by atoms with Gasteiger partial charge in [-0.15, -0.1) is 0 Å². The fraction of sp³-hybridized carbons (Fsp3) is 0.929. The van der Waals surface area contributed by atoms with Gasteiger partial charge in [0.05, 0.1) is 5.54 Å². The third-order valence-electron chi connectivity index (χ3n) is 3.58. The van der Waals surface area contributed by atoms with E-state index >= 15 is 0 Å². The van der Waals surface area contributed by atoms with Crippen molar-refractivity contribution in [1.29, 1.82) is 0 Å². The molecule has 2 nitrogen and oxygen atoms in total. The number of hydrogen-bond donors (Lipinski definition) is 0. The van der Waals surface area contributed by atoms with Crippen molar-refractivity contribution in [2.45, 2.75) is 78.2 Å². The second-order valence-corrected chi connectivity index (χ2v) is 5.23. The highest BCUT2D eigenvalue weighted by Gasteiger charge is 2.26. The van der Waals surface area contributed by atoms with Gasteiger partial charge in [0.15, 0.2) is 0 Å². The Balaban J connectivity index is 3.82. The average molecular weight is 225 g/mol. The van der Waals surface area contributed by atoms with Crippen LogP contribution in [0.4, 0.5) is 0 Å². The van der Waals surface area contributed by atoms with E-state index in [1.54, 1.807) is 6.08 Å². The number of unbranched alkanes of at least 4 members (excludes halogenated alkanes) is 5. The first-order valence-corrected chi connectivity index (χ1v) is 6.66. The molecule has 0 aromatic carbocycles. The van der Waals surface area contributed by atoms with Crippen molar-refractivity contribution in [2.24, 2.45) is 10.9 Å². The van der Waals surface area contributed by atoms with E-state index in [2.05, 4.69) is 32.7 Å². The van der Waals surface area contributed by atoms with E-state index in [9.17, 15) is 4.79 Å². The van der Waals surface area contributed by atoms with Gasteiger partial charge in [-0.3, -0.25) is 0 Å². The zero-order chi connectivity index (χ0) is 12.4. The Hall–Kier alpha value is -0.620. The molecule has 16 heavy (non-hydrogen) atoms. The highest BCUT2D eigenvalue weighted by Crippen LogP contribution is 2.27. The van der Waals surface area contributed by atoms with E-state index in [1.165, 1.54) is 38.5 Å². The third kappa shape index (κ3) is 6.07. The van der Waals surface area contributed by atoms with E-state index in [-0.39, 0.29) is 5.54 Å².